The molecule has 0 aliphatic heterocycles. The zero-order chi connectivity index (χ0) is 15.2. The number of hydrogen-bond donors (Lipinski definition) is 0. The molecule has 0 atom stereocenters. The molecule has 0 aromatic heterocycles. The van der Waals surface area contributed by atoms with Gasteiger partial charge in [-0.1, -0.05) is 58.4 Å². The Balaban J connectivity index is 0.00000154. The van der Waals surface area contributed by atoms with Gasteiger partial charge in [0, 0.05) is 19.1 Å². The molecule has 0 fully saturated rings. The number of hydrogen-bond acceptors (Lipinski definition) is 1. The summed E-state index contributed by atoms with van der Waals surface area (Å²) in [6.45, 7) is 10.4. The van der Waals surface area contributed by atoms with E-state index in [9.17, 15) is 4.79 Å². The summed E-state index contributed by atoms with van der Waals surface area (Å²) in [7, 11) is 3.51. The van der Waals surface area contributed by atoms with Gasteiger partial charge >= 0.3 is 0 Å². The molecule has 19 heavy (non-hydrogen) atoms. The number of carbonyl (C=O) groups excluding carboxylic acids is 1. The third-order valence-corrected chi connectivity index (χ3v) is 3.12. The molecule has 108 valence electrons. The SMILES string of the molecule is CC.CN(C)C(=O)Cc1cc(C(C)(C)C)ccc1Cl. The molecule has 1 amide bonds. The highest BCUT2D eigenvalue weighted by atomic mass is 35.5. The van der Waals surface area contributed by atoms with Crippen LogP contribution in [-0.2, 0) is 16.6 Å². The van der Waals surface area contributed by atoms with Gasteiger partial charge in [-0.3, -0.25) is 4.79 Å². The molecule has 0 heterocycles. The number of halogens is 1. The van der Waals surface area contributed by atoms with Crippen molar-refractivity contribution < 1.29 is 4.79 Å². The molecule has 0 radical (unpaired) electrons. The van der Waals surface area contributed by atoms with Crippen molar-refractivity contribution in [1.29, 1.82) is 0 Å². The van der Waals surface area contributed by atoms with Crippen molar-refractivity contribution in [2.45, 2.75) is 46.5 Å². The maximum absolute atomic E-state index is 11.7. The molecular weight excluding hydrogens is 258 g/mol. The van der Waals surface area contributed by atoms with Crippen LogP contribution in [-0.4, -0.2) is 24.9 Å². The Morgan fingerprint density at radius 1 is 1.21 bits per heavy atom. The summed E-state index contributed by atoms with van der Waals surface area (Å²) in [4.78, 5) is 13.3. The average molecular weight is 284 g/mol. The maximum atomic E-state index is 11.7. The van der Waals surface area contributed by atoms with Gasteiger partial charge in [0.25, 0.3) is 0 Å². The van der Waals surface area contributed by atoms with Gasteiger partial charge in [-0.05, 0) is 22.6 Å². The van der Waals surface area contributed by atoms with Gasteiger partial charge in [0.15, 0.2) is 0 Å². The summed E-state index contributed by atoms with van der Waals surface area (Å²) >= 11 is 6.12. The number of nitrogens with zero attached hydrogens (tertiary/aromatic N) is 1. The molecule has 0 unspecified atom stereocenters. The number of likely N-dealkylation sites (N-methyl/N-ethyl adjacent to an activating group) is 1. The fourth-order valence-corrected chi connectivity index (χ4v) is 1.68. The third-order valence-electron chi connectivity index (χ3n) is 2.75. The predicted octanol–water partition coefficient (Wildman–Crippen LogP) is 4.29. The Kier molecular flexibility index (Phi) is 7.14. The lowest BCUT2D eigenvalue weighted by Crippen LogP contribution is -2.24. The molecule has 1 rings (SSSR count). The molecule has 0 aliphatic rings. The lowest BCUT2D eigenvalue weighted by Gasteiger charge is -2.20. The highest BCUT2D eigenvalue weighted by Gasteiger charge is 2.16. The highest BCUT2D eigenvalue weighted by Crippen LogP contribution is 2.27. The van der Waals surface area contributed by atoms with E-state index in [1.165, 1.54) is 5.56 Å². The normalized spacial score (nSPS) is 10.5. The molecule has 1 aromatic carbocycles. The van der Waals surface area contributed by atoms with E-state index in [0.29, 0.717) is 11.4 Å². The topological polar surface area (TPSA) is 20.3 Å². The van der Waals surface area contributed by atoms with Gasteiger partial charge in [0.2, 0.25) is 5.91 Å². The largest absolute Gasteiger partial charge is 0.349 e. The van der Waals surface area contributed by atoms with Gasteiger partial charge in [-0.25, -0.2) is 0 Å². The van der Waals surface area contributed by atoms with Crippen LogP contribution in [0.4, 0.5) is 0 Å². The van der Waals surface area contributed by atoms with Crippen LogP contribution in [0.3, 0.4) is 0 Å². The standard InChI is InChI=1S/C14H20ClNO.C2H6/c1-14(2,3)11-6-7-12(15)10(8-11)9-13(17)16(4)5;1-2/h6-8H,9H2,1-5H3;1-2H3. The van der Waals surface area contributed by atoms with E-state index in [-0.39, 0.29) is 11.3 Å². The van der Waals surface area contributed by atoms with Gasteiger partial charge in [-0.2, -0.15) is 0 Å². The quantitative estimate of drug-likeness (QED) is 0.793. The zero-order valence-electron chi connectivity index (χ0n) is 13.2. The molecule has 1 aromatic rings. The molecule has 2 nitrogen and oxygen atoms in total. The van der Waals surface area contributed by atoms with Gasteiger partial charge in [0.1, 0.15) is 0 Å². The highest BCUT2D eigenvalue weighted by molar-refractivity contribution is 6.31. The fraction of sp³-hybridized carbons (Fsp3) is 0.562. The third kappa shape index (κ3) is 5.65. The molecule has 0 saturated carbocycles. The Morgan fingerprint density at radius 3 is 2.16 bits per heavy atom. The molecule has 0 N–H and O–H groups in total. The lowest BCUT2D eigenvalue weighted by molar-refractivity contribution is -0.127. The summed E-state index contributed by atoms with van der Waals surface area (Å²) in [5, 5.41) is 0.660. The van der Waals surface area contributed by atoms with Crippen LogP contribution in [0.5, 0.6) is 0 Å². The minimum absolute atomic E-state index is 0.0676. The van der Waals surface area contributed by atoms with Crippen LogP contribution in [0.25, 0.3) is 0 Å². The Morgan fingerprint density at radius 2 is 1.74 bits per heavy atom. The van der Waals surface area contributed by atoms with Crippen LogP contribution in [0.15, 0.2) is 18.2 Å². The van der Waals surface area contributed by atoms with Crippen LogP contribution in [0.1, 0.15) is 45.7 Å². The number of rotatable bonds is 2. The predicted molar refractivity (Wildman–Crippen MR) is 83.9 cm³/mol. The monoisotopic (exact) mass is 283 g/mol. The second-order valence-electron chi connectivity index (χ2n) is 5.52. The van der Waals surface area contributed by atoms with E-state index in [1.807, 2.05) is 32.0 Å². The summed E-state index contributed by atoms with van der Waals surface area (Å²) < 4.78 is 0. The minimum Gasteiger partial charge on any atom is -0.349 e. The molecular formula is C16H26ClNO. The number of benzene rings is 1. The second kappa shape index (κ2) is 7.54. The number of carbonyl (C=O) groups is 1. The Bertz CT molecular complexity index is 419. The molecule has 3 heteroatoms. The van der Waals surface area contributed by atoms with Crippen molar-refractivity contribution in [3.63, 3.8) is 0 Å². The number of amides is 1. The first kappa shape index (κ1) is 18.0. The van der Waals surface area contributed by atoms with E-state index in [2.05, 4.69) is 20.8 Å². The van der Waals surface area contributed by atoms with Crippen molar-refractivity contribution in [3.05, 3.63) is 34.3 Å². The van der Waals surface area contributed by atoms with E-state index >= 15 is 0 Å². The van der Waals surface area contributed by atoms with Crippen molar-refractivity contribution in [2.75, 3.05) is 14.1 Å². The van der Waals surface area contributed by atoms with E-state index in [1.54, 1.807) is 19.0 Å². The summed E-state index contributed by atoms with van der Waals surface area (Å²) in [6.07, 6.45) is 0.357. The summed E-state index contributed by atoms with van der Waals surface area (Å²) in [6, 6.07) is 5.93. The Hall–Kier alpha value is -1.02. The van der Waals surface area contributed by atoms with Crippen LogP contribution < -0.4 is 0 Å². The smallest absolute Gasteiger partial charge is 0.226 e. The van der Waals surface area contributed by atoms with Crippen molar-refractivity contribution in [1.82, 2.24) is 4.90 Å². The molecule has 0 bridgehead atoms. The van der Waals surface area contributed by atoms with E-state index < -0.39 is 0 Å². The van der Waals surface area contributed by atoms with Crippen molar-refractivity contribution in [2.24, 2.45) is 0 Å². The first-order valence-corrected chi connectivity index (χ1v) is 7.08. The second-order valence-corrected chi connectivity index (χ2v) is 5.93. The summed E-state index contributed by atoms with van der Waals surface area (Å²) in [5.41, 5.74) is 2.17. The zero-order valence-corrected chi connectivity index (χ0v) is 13.9. The Labute approximate surface area is 122 Å². The molecule has 0 saturated heterocycles. The van der Waals surface area contributed by atoms with Crippen molar-refractivity contribution >= 4 is 17.5 Å². The fourth-order valence-electron chi connectivity index (χ4n) is 1.50. The van der Waals surface area contributed by atoms with Gasteiger partial charge < -0.3 is 4.90 Å². The molecule has 0 aliphatic carbocycles. The average Bonchev–Trinajstić information content (AvgIpc) is 2.32. The van der Waals surface area contributed by atoms with Crippen LogP contribution >= 0.6 is 11.6 Å². The van der Waals surface area contributed by atoms with E-state index in [0.717, 1.165) is 5.56 Å². The van der Waals surface area contributed by atoms with Crippen LogP contribution in [0.2, 0.25) is 5.02 Å². The van der Waals surface area contributed by atoms with Crippen LogP contribution in [0, 0.1) is 0 Å². The first-order chi connectivity index (χ1) is 8.71. The van der Waals surface area contributed by atoms with Crippen molar-refractivity contribution in [3.8, 4) is 0 Å². The van der Waals surface area contributed by atoms with E-state index in [4.69, 9.17) is 11.6 Å². The summed E-state index contributed by atoms with van der Waals surface area (Å²) in [5.74, 6) is 0.0676. The molecule has 0 spiro atoms. The van der Waals surface area contributed by atoms with Gasteiger partial charge in [-0.15, -0.1) is 0 Å². The van der Waals surface area contributed by atoms with Gasteiger partial charge in [0.05, 0.1) is 6.42 Å². The first-order valence-electron chi connectivity index (χ1n) is 6.71. The lowest BCUT2D eigenvalue weighted by atomic mass is 9.86. The minimum atomic E-state index is 0.0676. The maximum Gasteiger partial charge on any atom is 0.226 e.